The quantitative estimate of drug-likeness (QED) is 0.526. The van der Waals surface area contributed by atoms with Crippen LogP contribution in [0.3, 0.4) is 0 Å². The number of halogens is 1. The van der Waals surface area contributed by atoms with E-state index in [0.29, 0.717) is 18.8 Å². The molecular weight excluding hydrogens is 325 g/mol. The minimum Gasteiger partial charge on any atom is -0.440 e. The van der Waals surface area contributed by atoms with Crippen molar-refractivity contribution in [3.63, 3.8) is 0 Å². The first-order valence-corrected chi connectivity index (χ1v) is 8.16. The largest absolute Gasteiger partial charge is 0.440 e. The molecule has 0 spiro atoms. The summed E-state index contributed by atoms with van der Waals surface area (Å²) >= 11 is 0. The van der Waals surface area contributed by atoms with Crippen molar-refractivity contribution < 1.29 is 13.7 Å². The highest BCUT2D eigenvalue weighted by molar-refractivity contribution is 5.72. The van der Waals surface area contributed by atoms with Crippen LogP contribution in [0.2, 0.25) is 0 Å². The van der Waals surface area contributed by atoms with Crippen molar-refractivity contribution in [3.05, 3.63) is 64.3 Å². The SMILES string of the molecule is O=[N+]([O-])c1cc(F)ccc1N1CCC(c2nc3ccccc3o2)CC1. The number of piperidine rings is 1. The maximum atomic E-state index is 13.3. The summed E-state index contributed by atoms with van der Waals surface area (Å²) in [7, 11) is 0. The highest BCUT2D eigenvalue weighted by atomic mass is 19.1. The molecule has 1 saturated heterocycles. The summed E-state index contributed by atoms with van der Waals surface area (Å²) in [4.78, 5) is 17.1. The molecule has 0 radical (unpaired) electrons. The molecule has 1 aromatic heterocycles. The molecule has 3 aromatic rings. The predicted molar refractivity (Wildman–Crippen MR) is 91.3 cm³/mol. The van der Waals surface area contributed by atoms with E-state index in [2.05, 4.69) is 4.98 Å². The number of nitro groups is 1. The molecule has 1 aliphatic heterocycles. The van der Waals surface area contributed by atoms with E-state index in [9.17, 15) is 14.5 Å². The average Bonchev–Trinajstić information content (AvgIpc) is 3.06. The molecular formula is C18H16FN3O3. The van der Waals surface area contributed by atoms with Crippen LogP contribution in [0.1, 0.15) is 24.7 Å². The number of oxazole rings is 1. The van der Waals surface area contributed by atoms with Gasteiger partial charge in [0.25, 0.3) is 5.69 Å². The van der Waals surface area contributed by atoms with E-state index in [1.807, 2.05) is 29.2 Å². The van der Waals surface area contributed by atoms with Gasteiger partial charge in [-0.15, -0.1) is 0 Å². The lowest BCUT2D eigenvalue weighted by atomic mass is 9.96. The molecule has 2 aromatic carbocycles. The first-order chi connectivity index (χ1) is 12.1. The maximum absolute atomic E-state index is 13.3. The van der Waals surface area contributed by atoms with Crippen molar-refractivity contribution >= 4 is 22.5 Å². The smallest absolute Gasteiger partial charge is 0.295 e. The van der Waals surface area contributed by atoms with Crippen molar-refractivity contribution in [3.8, 4) is 0 Å². The number of nitrogens with zero attached hydrogens (tertiary/aromatic N) is 3. The zero-order valence-electron chi connectivity index (χ0n) is 13.4. The Kier molecular flexibility index (Phi) is 3.83. The van der Waals surface area contributed by atoms with Crippen LogP contribution in [0, 0.1) is 15.9 Å². The van der Waals surface area contributed by atoms with Crippen LogP contribution in [0.25, 0.3) is 11.1 Å². The summed E-state index contributed by atoms with van der Waals surface area (Å²) in [5, 5.41) is 11.2. The Balaban J connectivity index is 1.53. The fourth-order valence-corrected chi connectivity index (χ4v) is 3.34. The van der Waals surface area contributed by atoms with Crippen LogP contribution in [-0.4, -0.2) is 23.0 Å². The Morgan fingerprint density at radius 1 is 1.20 bits per heavy atom. The highest BCUT2D eigenvalue weighted by Gasteiger charge is 2.28. The molecule has 0 unspecified atom stereocenters. The lowest BCUT2D eigenvalue weighted by Gasteiger charge is -2.32. The number of anilines is 1. The van der Waals surface area contributed by atoms with E-state index < -0.39 is 10.7 Å². The molecule has 2 heterocycles. The van der Waals surface area contributed by atoms with Gasteiger partial charge in [-0.25, -0.2) is 9.37 Å². The van der Waals surface area contributed by atoms with Crippen molar-refractivity contribution in [2.24, 2.45) is 0 Å². The summed E-state index contributed by atoms with van der Waals surface area (Å²) in [6, 6.07) is 11.4. The fraction of sp³-hybridized carbons (Fsp3) is 0.278. The van der Waals surface area contributed by atoms with E-state index in [-0.39, 0.29) is 11.6 Å². The second-order valence-corrected chi connectivity index (χ2v) is 6.17. The number of aromatic nitrogens is 1. The van der Waals surface area contributed by atoms with Gasteiger partial charge in [0.1, 0.15) is 17.0 Å². The van der Waals surface area contributed by atoms with Crippen molar-refractivity contribution in [1.29, 1.82) is 0 Å². The summed E-state index contributed by atoms with van der Waals surface area (Å²) in [5.74, 6) is 0.300. The Labute approximate surface area is 143 Å². The number of hydrogen-bond acceptors (Lipinski definition) is 5. The van der Waals surface area contributed by atoms with Crippen LogP contribution in [0.15, 0.2) is 46.9 Å². The maximum Gasteiger partial charge on any atom is 0.295 e. The van der Waals surface area contributed by atoms with Gasteiger partial charge in [-0.1, -0.05) is 12.1 Å². The first-order valence-electron chi connectivity index (χ1n) is 8.16. The van der Waals surface area contributed by atoms with Crippen LogP contribution >= 0.6 is 0 Å². The molecule has 0 bridgehead atoms. The van der Waals surface area contributed by atoms with Crippen LogP contribution < -0.4 is 4.90 Å². The second-order valence-electron chi connectivity index (χ2n) is 6.17. The van der Waals surface area contributed by atoms with E-state index >= 15 is 0 Å². The molecule has 1 fully saturated rings. The van der Waals surface area contributed by atoms with Gasteiger partial charge < -0.3 is 9.32 Å². The van der Waals surface area contributed by atoms with Crippen LogP contribution in [0.5, 0.6) is 0 Å². The number of fused-ring (bicyclic) bond motifs is 1. The Bertz CT molecular complexity index is 899. The monoisotopic (exact) mass is 341 g/mol. The zero-order valence-corrected chi connectivity index (χ0v) is 13.4. The molecule has 0 atom stereocenters. The fourth-order valence-electron chi connectivity index (χ4n) is 3.34. The minimum absolute atomic E-state index is 0.183. The number of rotatable bonds is 3. The van der Waals surface area contributed by atoms with Gasteiger partial charge in [0, 0.05) is 19.0 Å². The molecule has 6 nitrogen and oxygen atoms in total. The third kappa shape index (κ3) is 2.93. The standard InChI is InChI=1S/C18H16FN3O3/c19-13-5-6-15(16(11-13)22(23)24)21-9-7-12(8-10-21)18-20-14-3-1-2-4-17(14)25-18/h1-6,11-12H,7-10H2. The molecule has 128 valence electrons. The Morgan fingerprint density at radius 3 is 2.68 bits per heavy atom. The van der Waals surface area contributed by atoms with Gasteiger partial charge in [0.05, 0.1) is 11.0 Å². The third-order valence-electron chi connectivity index (χ3n) is 4.63. The molecule has 1 aliphatic rings. The van der Waals surface area contributed by atoms with Gasteiger partial charge >= 0.3 is 0 Å². The normalized spacial score (nSPS) is 15.6. The van der Waals surface area contributed by atoms with Crippen molar-refractivity contribution in [2.45, 2.75) is 18.8 Å². The number of nitro benzene ring substituents is 1. The molecule has 4 rings (SSSR count). The topological polar surface area (TPSA) is 72.4 Å². The van der Waals surface area contributed by atoms with Gasteiger partial charge in [0.2, 0.25) is 0 Å². The van der Waals surface area contributed by atoms with Gasteiger partial charge in [-0.2, -0.15) is 0 Å². The molecule has 0 aliphatic carbocycles. The van der Waals surface area contributed by atoms with Crippen molar-refractivity contribution in [2.75, 3.05) is 18.0 Å². The summed E-state index contributed by atoms with van der Waals surface area (Å²) < 4.78 is 19.2. The Hall–Kier alpha value is -2.96. The van der Waals surface area contributed by atoms with E-state index in [4.69, 9.17) is 4.42 Å². The summed E-state index contributed by atoms with van der Waals surface area (Å²) in [5.41, 5.74) is 1.88. The van der Waals surface area contributed by atoms with E-state index in [0.717, 1.165) is 35.9 Å². The third-order valence-corrected chi connectivity index (χ3v) is 4.63. The van der Waals surface area contributed by atoms with Crippen LogP contribution in [-0.2, 0) is 0 Å². The molecule has 0 N–H and O–H groups in total. The number of benzene rings is 2. The van der Waals surface area contributed by atoms with Gasteiger partial charge in [0.15, 0.2) is 11.5 Å². The highest BCUT2D eigenvalue weighted by Crippen LogP contribution is 2.35. The van der Waals surface area contributed by atoms with Crippen molar-refractivity contribution in [1.82, 2.24) is 4.98 Å². The lowest BCUT2D eigenvalue weighted by molar-refractivity contribution is -0.384. The summed E-state index contributed by atoms with van der Waals surface area (Å²) in [6.07, 6.45) is 1.56. The zero-order chi connectivity index (χ0) is 17.4. The van der Waals surface area contributed by atoms with E-state index in [1.165, 1.54) is 12.1 Å². The molecule has 7 heteroatoms. The average molecular weight is 341 g/mol. The number of hydrogen-bond donors (Lipinski definition) is 0. The Morgan fingerprint density at radius 2 is 1.96 bits per heavy atom. The minimum atomic E-state index is -0.600. The molecule has 0 amide bonds. The number of para-hydroxylation sites is 2. The molecule has 0 saturated carbocycles. The lowest BCUT2D eigenvalue weighted by Crippen LogP contribution is -2.33. The van der Waals surface area contributed by atoms with Gasteiger partial charge in [-0.3, -0.25) is 10.1 Å². The van der Waals surface area contributed by atoms with Gasteiger partial charge in [-0.05, 0) is 37.1 Å². The second kappa shape index (κ2) is 6.16. The first kappa shape index (κ1) is 15.6. The van der Waals surface area contributed by atoms with E-state index in [1.54, 1.807) is 0 Å². The summed E-state index contributed by atoms with van der Waals surface area (Å²) in [6.45, 7) is 1.27. The molecule has 25 heavy (non-hydrogen) atoms. The predicted octanol–water partition coefficient (Wildman–Crippen LogP) is 4.26. The van der Waals surface area contributed by atoms with Crippen LogP contribution in [0.4, 0.5) is 15.8 Å².